The molecule has 3 nitrogen and oxygen atoms in total. The minimum atomic E-state index is -2.86. The molecule has 0 saturated heterocycles. The van der Waals surface area contributed by atoms with Crippen LogP contribution in [0.2, 0.25) is 0 Å². The fraction of sp³-hybridized carbons (Fsp3) is 0.562. The molecule has 0 bridgehead atoms. The summed E-state index contributed by atoms with van der Waals surface area (Å²) in [6, 6.07) is 6.25. The molecule has 0 heterocycles. The molecule has 1 N–H and O–H groups in total. The van der Waals surface area contributed by atoms with E-state index >= 15 is 0 Å². The fourth-order valence-electron chi connectivity index (χ4n) is 3.38. The van der Waals surface area contributed by atoms with E-state index in [1.807, 2.05) is 0 Å². The molecule has 114 valence electrons. The van der Waals surface area contributed by atoms with Crippen LogP contribution >= 0.6 is 0 Å². The molecule has 0 radical (unpaired) electrons. The van der Waals surface area contributed by atoms with E-state index in [-0.39, 0.29) is 23.6 Å². The van der Waals surface area contributed by atoms with Gasteiger partial charge in [-0.3, -0.25) is 4.79 Å². The van der Waals surface area contributed by atoms with E-state index in [1.54, 1.807) is 25.1 Å². The van der Waals surface area contributed by atoms with Gasteiger partial charge in [-0.1, -0.05) is 18.2 Å². The van der Waals surface area contributed by atoms with Gasteiger partial charge in [0.2, 0.25) is 5.91 Å². The Balaban J connectivity index is 1.64. The van der Waals surface area contributed by atoms with Crippen LogP contribution in [0.1, 0.15) is 37.8 Å². The molecule has 0 aromatic heterocycles. The molecule has 1 aromatic carbocycles. The Kier molecular flexibility index (Phi) is 3.83. The third-order valence-corrected chi connectivity index (χ3v) is 4.57. The Morgan fingerprint density at radius 1 is 1.24 bits per heavy atom. The summed E-state index contributed by atoms with van der Waals surface area (Å²) >= 11 is 0. The van der Waals surface area contributed by atoms with Gasteiger partial charge in [0.1, 0.15) is 5.75 Å². The smallest absolute Gasteiger partial charge is 0.387 e. The molecule has 2 saturated carbocycles. The number of fused-ring (bicyclic) bond motifs is 1. The second kappa shape index (κ2) is 5.62. The molecule has 1 aromatic rings. The second-order valence-corrected chi connectivity index (χ2v) is 6.07. The molecule has 2 aliphatic carbocycles. The predicted octanol–water partition coefficient (Wildman–Crippen LogP) is 3.51. The van der Waals surface area contributed by atoms with E-state index in [0.29, 0.717) is 5.56 Å². The standard InChI is InChI=1S/C16H19F2NO2/c1-9(13-4-2-3-5-14(13)21-16(17)18)19-15(20)12-7-10-6-11(10)8-12/h2-5,9-12,16H,6-8H2,1H3,(H,19,20). The van der Waals surface area contributed by atoms with Crippen molar-refractivity contribution in [2.45, 2.75) is 38.8 Å². The first-order valence-electron chi connectivity index (χ1n) is 7.38. The summed E-state index contributed by atoms with van der Waals surface area (Å²) in [6.45, 7) is -1.07. The van der Waals surface area contributed by atoms with Crippen molar-refractivity contribution in [3.8, 4) is 5.75 Å². The first-order chi connectivity index (χ1) is 10.0. The van der Waals surface area contributed by atoms with Gasteiger partial charge in [0.05, 0.1) is 6.04 Å². The average Bonchev–Trinajstić information content (AvgIpc) is 3.05. The number of rotatable bonds is 5. The number of para-hydroxylation sites is 1. The van der Waals surface area contributed by atoms with E-state index < -0.39 is 6.61 Å². The molecular weight excluding hydrogens is 276 g/mol. The number of amides is 1. The molecule has 5 heteroatoms. The number of carbonyl (C=O) groups is 1. The largest absolute Gasteiger partial charge is 0.434 e. The van der Waals surface area contributed by atoms with Gasteiger partial charge in [-0.2, -0.15) is 8.78 Å². The third-order valence-electron chi connectivity index (χ3n) is 4.57. The van der Waals surface area contributed by atoms with Crippen molar-refractivity contribution in [2.75, 3.05) is 0 Å². The molecule has 2 aliphatic rings. The zero-order valence-corrected chi connectivity index (χ0v) is 11.9. The number of halogens is 2. The van der Waals surface area contributed by atoms with Gasteiger partial charge in [-0.25, -0.2) is 0 Å². The number of hydrogen-bond donors (Lipinski definition) is 1. The zero-order valence-electron chi connectivity index (χ0n) is 11.9. The highest BCUT2D eigenvalue weighted by molar-refractivity contribution is 5.79. The van der Waals surface area contributed by atoms with Gasteiger partial charge in [0.15, 0.2) is 0 Å². The molecule has 3 atom stereocenters. The van der Waals surface area contributed by atoms with Crippen molar-refractivity contribution in [1.29, 1.82) is 0 Å². The van der Waals surface area contributed by atoms with Gasteiger partial charge < -0.3 is 10.1 Å². The van der Waals surface area contributed by atoms with Crippen LogP contribution in [0.4, 0.5) is 8.78 Å². The Labute approximate surface area is 122 Å². The SMILES string of the molecule is CC(NC(=O)C1CC2CC2C1)c1ccccc1OC(F)F. The zero-order chi connectivity index (χ0) is 15.0. The van der Waals surface area contributed by atoms with Crippen molar-refractivity contribution in [2.24, 2.45) is 17.8 Å². The quantitative estimate of drug-likeness (QED) is 0.902. The minimum Gasteiger partial charge on any atom is -0.434 e. The Hall–Kier alpha value is -1.65. The number of hydrogen-bond acceptors (Lipinski definition) is 2. The number of benzene rings is 1. The van der Waals surface area contributed by atoms with Crippen LogP contribution in [0.15, 0.2) is 24.3 Å². The number of nitrogens with one attached hydrogen (secondary N) is 1. The highest BCUT2D eigenvalue weighted by Gasteiger charge is 2.48. The minimum absolute atomic E-state index is 0.0292. The van der Waals surface area contributed by atoms with Crippen LogP contribution in [0.3, 0.4) is 0 Å². The van der Waals surface area contributed by atoms with Gasteiger partial charge in [0.25, 0.3) is 0 Å². The van der Waals surface area contributed by atoms with Gasteiger partial charge in [-0.05, 0) is 44.1 Å². The Morgan fingerprint density at radius 2 is 1.90 bits per heavy atom. The summed E-state index contributed by atoms with van der Waals surface area (Å²) in [5.41, 5.74) is 0.578. The van der Waals surface area contributed by atoms with Crippen LogP contribution in [0.25, 0.3) is 0 Å². The third kappa shape index (κ3) is 3.17. The van der Waals surface area contributed by atoms with Crippen molar-refractivity contribution in [3.63, 3.8) is 0 Å². The highest BCUT2D eigenvalue weighted by atomic mass is 19.3. The van der Waals surface area contributed by atoms with Gasteiger partial charge in [0, 0.05) is 11.5 Å². The van der Waals surface area contributed by atoms with Crippen LogP contribution in [-0.2, 0) is 4.79 Å². The van der Waals surface area contributed by atoms with Crippen molar-refractivity contribution >= 4 is 5.91 Å². The lowest BCUT2D eigenvalue weighted by Crippen LogP contribution is -2.32. The lowest BCUT2D eigenvalue weighted by molar-refractivity contribution is -0.125. The van der Waals surface area contributed by atoms with Gasteiger partial charge in [-0.15, -0.1) is 0 Å². The first kappa shape index (κ1) is 14.3. The summed E-state index contributed by atoms with van der Waals surface area (Å²) in [5.74, 6) is 1.71. The first-order valence-corrected chi connectivity index (χ1v) is 7.38. The van der Waals surface area contributed by atoms with Crippen LogP contribution < -0.4 is 10.1 Å². The lowest BCUT2D eigenvalue weighted by Gasteiger charge is -2.20. The lowest BCUT2D eigenvalue weighted by atomic mass is 10.0. The number of carbonyl (C=O) groups excluding carboxylic acids is 1. The monoisotopic (exact) mass is 295 g/mol. The summed E-state index contributed by atoms with van der Waals surface area (Å²) < 4.78 is 29.3. The molecule has 2 fully saturated rings. The van der Waals surface area contributed by atoms with E-state index in [1.165, 1.54) is 12.5 Å². The Morgan fingerprint density at radius 3 is 2.57 bits per heavy atom. The molecule has 3 rings (SSSR count). The molecular formula is C16H19F2NO2. The normalized spacial score (nSPS) is 28.1. The average molecular weight is 295 g/mol. The fourth-order valence-corrected chi connectivity index (χ4v) is 3.38. The van der Waals surface area contributed by atoms with E-state index in [4.69, 9.17) is 0 Å². The van der Waals surface area contributed by atoms with Crippen LogP contribution in [0.5, 0.6) is 5.75 Å². The van der Waals surface area contributed by atoms with Crippen LogP contribution in [0, 0.1) is 17.8 Å². The van der Waals surface area contributed by atoms with E-state index in [9.17, 15) is 13.6 Å². The molecule has 3 unspecified atom stereocenters. The molecule has 21 heavy (non-hydrogen) atoms. The Bertz CT molecular complexity index is 525. The summed E-state index contributed by atoms with van der Waals surface area (Å²) in [4.78, 5) is 12.2. The van der Waals surface area contributed by atoms with Crippen LogP contribution in [-0.4, -0.2) is 12.5 Å². The van der Waals surface area contributed by atoms with Gasteiger partial charge >= 0.3 is 6.61 Å². The summed E-state index contributed by atoms with van der Waals surface area (Å²) in [5, 5.41) is 2.93. The maximum Gasteiger partial charge on any atom is 0.387 e. The number of alkyl halides is 2. The molecule has 1 amide bonds. The maximum absolute atomic E-state index is 12.4. The summed E-state index contributed by atoms with van der Waals surface area (Å²) in [7, 11) is 0. The molecule has 0 spiro atoms. The topological polar surface area (TPSA) is 38.3 Å². The maximum atomic E-state index is 12.4. The van der Waals surface area contributed by atoms with E-state index in [2.05, 4.69) is 10.1 Å². The van der Waals surface area contributed by atoms with Crippen molar-refractivity contribution in [3.05, 3.63) is 29.8 Å². The summed E-state index contributed by atoms with van der Waals surface area (Å²) in [6.07, 6.45) is 3.21. The van der Waals surface area contributed by atoms with Crippen molar-refractivity contribution in [1.82, 2.24) is 5.32 Å². The van der Waals surface area contributed by atoms with Crippen molar-refractivity contribution < 1.29 is 18.3 Å². The highest BCUT2D eigenvalue weighted by Crippen LogP contribution is 2.54. The van der Waals surface area contributed by atoms with E-state index in [0.717, 1.165) is 24.7 Å². The predicted molar refractivity (Wildman–Crippen MR) is 74.0 cm³/mol. The molecule has 0 aliphatic heterocycles. The second-order valence-electron chi connectivity index (χ2n) is 6.07. The number of ether oxygens (including phenoxy) is 1.